The van der Waals surface area contributed by atoms with E-state index in [0.717, 1.165) is 23.9 Å². The molecule has 0 radical (unpaired) electrons. The van der Waals surface area contributed by atoms with Gasteiger partial charge < -0.3 is 10.0 Å². The molecule has 1 saturated heterocycles. The largest absolute Gasteiger partial charge is 0.507 e. The third-order valence-electron chi connectivity index (χ3n) is 4.69. The summed E-state index contributed by atoms with van der Waals surface area (Å²) in [5.41, 5.74) is 0.430. The van der Waals surface area contributed by atoms with E-state index >= 15 is 0 Å². The molecule has 2 fully saturated rings. The summed E-state index contributed by atoms with van der Waals surface area (Å²) in [5, 5.41) is 10.0. The van der Waals surface area contributed by atoms with Crippen molar-refractivity contribution in [3.63, 3.8) is 0 Å². The van der Waals surface area contributed by atoms with Crippen molar-refractivity contribution in [3.05, 3.63) is 28.2 Å². The first-order chi connectivity index (χ1) is 9.66. The predicted molar refractivity (Wildman–Crippen MR) is 81.8 cm³/mol. The lowest BCUT2D eigenvalue weighted by atomic mass is 9.78. The Morgan fingerprint density at radius 3 is 2.75 bits per heavy atom. The van der Waals surface area contributed by atoms with Gasteiger partial charge in [0.15, 0.2) is 0 Å². The molecular weight excluding hydrogens is 318 g/mol. The first-order valence-electron chi connectivity index (χ1n) is 7.46. The van der Waals surface area contributed by atoms with Gasteiger partial charge in [0.05, 0.1) is 5.56 Å². The molecule has 4 heteroatoms. The van der Waals surface area contributed by atoms with Crippen LogP contribution in [0, 0.1) is 5.92 Å². The van der Waals surface area contributed by atoms with Gasteiger partial charge in [0.2, 0.25) is 0 Å². The van der Waals surface area contributed by atoms with Crippen LogP contribution in [0.3, 0.4) is 0 Å². The molecule has 1 aromatic carbocycles. The first-order valence-corrected chi connectivity index (χ1v) is 8.25. The number of hydrogen-bond donors (Lipinski definition) is 1. The second-order valence-electron chi connectivity index (χ2n) is 5.91. The highest BCUT2D eigenvalue weighted by Crippen LogP contribution is 2.36. The van der Waals surface area contributed by atoms with Crippen LogP contribution in [0.15, 0.2) is 22.7 Å². The number of nitrogens with zero attached hydrogens (tertiary/aromatic N) is 1. The SMILES string of the molecule is O=C(c1ccc(Br)cc1O)N1CCC[C@H]2CCCC[C@H]21. The van der Waals surface area contributed by atoms with E-state index in [1.807, 2.05) is 11.0 Å². The maximum Gasteiger partial charge on any atom is 0.257 e. The Morgan fingerprint density at radius 1 is 1.20 bits per heavy atom. The van der Waals surface area contributed by atoms with E-state index in [9.17, 15) is 9.90 Å². The smallest absolute Gasteiger partial charge is 0.257 e. The zero-order valence-electron chi connectivity index (χ0n) is 11.5. The minimum atomic E-state index is -0.00778. The maximum absolute atomic E-state index is 12.7. The summed E-state index contributed by atoms with van der Waals surface area (Å²) in [6.07, 6.45) is 7.23. The van der Waals surface area contributed by atoms with Gasteiger partial charge >= 0.3 is 0 Å². The number of hydrogen-bond acceptors (Lipinski definition) is 2. The normalized spacial score (nSPS) is 26.1. The van der Waals surface area contributed by atoms with Crippen LogP contribution in [0.5, 0.6) is 5.75 Å². The van der Waals surface area contributed by atoms with E-state index in [4.69, 9.17) is 0 Å². The van der Waals surface area contributed by atoms with Crippen molar-refractivity contribution in [1.29, 1.82) is 0 Å². The molecule has 0 unspecified atom stereocenters. The van der Waals surface area contributed by atoms with E-state index in [1.165, 1.54) is 25.7 Å². The molecule has 0 spiro atoms. The maximum atomic E-state index is 12.7. The van der Waals surface area contributed by atoms with E-state index in [-0.39, 0.29) is 11.7 Å². The van der Waals surface area contributed by atoms with E-state index in [1.54, 1.807) is 12.1 Å². The standard InChI is InChI=1S/C16H20BrNO2/c17-12-7-8-13(15(19)10-12)16(20)18-9-3-5-11-4-1-2-6-14(11)18/h7-8,10-11,14,19H,1-6,9H2/t11-,14-/m1/s1. The summed E-state index contributed by atoms with van der Waals surface area (Å²) in [6, 6.07) is 5.51. The number of amides is 1. The number of rotatable bonds is 1. The molecule has 1 aromatic rings. The van der Waals surface area contributed by atoms with Crippen LogP contribution in [0.1, 0.15) is 48.9 Å². The number of carbonyl (C=O) groups is 1. The Labute approximate surface area is 128 Å². The zero-order valence-corrected chi connectivity index (χ0v) is 13.1. The minimum absolute atomic E-state index is 0.00778. The zero-order chi connectivity index (χ0) is 14.1. The van der Waals surface area contributed by atoms with E-state index in [2.05, 4.69) is 15.9 Å². The van der Waals surface area contributed by atoms with Crippen molar-refractivity contribution in [1.82, 2.24) is 4.90 Å². The molecule has 1 amide bonds. The molecule has 108 valence electrons. The number of aromatic hydroxyl groups is 1. The molecule has 1 heterocycles. The van der Waals surface area contributed by atoms with Crippen molar-refractivity contribution in [2.75, 3.05) is 6.54 Å². The number of fused-ring (bicyclic) bond motifs is 1. The van der Waals surface area contributed by atoms with Gasteiger partial charge in [0.25, 0.3) is 5.91 Å². The average molecular weight is 338 g/mol. The molecule has 0 bridgehead atoms. The molecule has 3 rings (SSSR count). The molecule has 1 aliphatic heterocycles. The molecule has 20 heavy (non-hydrogen) atoms. The van der Waals surface area contributed by atoms with Gasteiger partial charge in [-0.3, -0.25) is 4.79 Å². The van der Waals surface area contributed by atoms with Crippen molar-refractivity contribution >= 4 is 21.8 Å². The average Bonchev–Trinajstić information content (AvgIpc) is 2.46. The van der Waals surface area contributed by atoms with Crippen molar-refractivity contribution in [3.8, 4) is 5.75 Å². The lowest BCUT2D eigenvalue weighted by Crippen LogP contribution is -2.49. The monoisotopic (exact) mass is 337 g/mol. The fourth-order valence-corrected chi connectivity index (χ4v) is 4.07. The Kier molecular flexibility index (Phi) is 4.01. The number of phenolic OH excluding ortho intramolecular Hbond substituents is 1. The van der Waals surface area contributed by atoms with Crippen LogP contribution in [-0.4, -0.2) is 28.5 Å². The summed E-state index contributed by atoms with van der Waals surface area (Å²) >= 11 is 3.31. The van der Waals surface area contributed by atoms with Crippen LogP contribution >= 0.6 is 15.9 Å². The topological polar surface area (TPSA) is 40.5 Å². The van der Waals surface area contributed by atoms with Gasteiger partial charge in [-0.25, -0.2) is 0 Å². The highest BCUT2D eigenvalue weighted by Gasteiger charge is 2.36. The second kappa shape index (κ2) is 5.76. The van der Waals surface area contributed by atoms with Crippen molar-refractivity contribution < 1.29 is 9.90 Å². The lowest BCUT2D eigenvalue weighted by Gasteiger charge is -2.44. The highest BCUT2D eigenvalue weighted by atomic mass is 79.9. The molecule has 2 aliphatic rings. The summed E-state index contributed by atoms with van der Waals surface area (Å²) in [6.45, 7) is 0.829. The highest BCUT2D eigenvalue weighted by molar-refractivity contribution is 9.10. The quantitative estimate of drug-likeness (QED) is 0.842. The number of benzene rings is 1. The minimum Gasteiger partial charge on any atom is -0.507 e. The Hall–Kier alpha value is -1.03. The van der Waals surface area contributed by atoms with Crippen molar-refractivity contribution in [2.24, 2.45) is 5.92 Å². The summed E-state index contributed by atoms with van der Waals surface area (Å²) in [5.74, 6) is 0.730. The Morgan fingerprint density at radius 2 is 1.95 bits per heavy atom. The van der Waals surface area contributed by atoms with Crippen LogP contribution in [0.4, 0.5) is 0 Å². The second-order valence-corrected chi connectivity index (χ2v) is 6.83. The van der Waals surface area contributed by atoms with Gasteiger partial charge in [-0.15, -0.1) is 0 Å². The fraction of sp³-hybridized carbons (Fsp3) is 0.562. The van der Waals surface area contributed by atoms with Gasteiger partial charge in [-0.1, -0.05) is 28.8 Å². The van der Waals surface area contributed by atoms with Crippen LogP contribution in [0.25, 0.3) is 0 Å². The Balaban J connectivity index is 1.85. The summed E-state index contributed by atoms with van der Waals surface area (Å²) in [4.78, 5) is 14.7. The molecule has 1 N–H and O–H groups in total. The molecule has 2 atom stereocenters. The third-order valence-corrected chi connectivity index (χ3v) is 5.19. The summed E-state index contributed by atoms with van der Waals surface area (Å²) < 4.78 is 0.792. The van der Waals surface area contributed by atoms with Crippen LogP contribution in [0.2, 0.25) is 0 Å². The fourth-order valence-electron chi connectivity index (χ4n) is 3.72. The first kappa shape index (κ1) is 13.9. The number of carbonyl (C=O) groups excluding carboxylic acids is 1. The van der Waals surface area contributed by atoms with Crippen molar-refractivity contribution in [2.45, 2.75) is 44.6 Å². The van der Waals surface area contributed by atoms with Gasteiger partial charge in [0.1, 0.15) is 5.75 Å². The number of halogens is 1. The van der Waals surface area contributed by atoms with Crippen LogP contribution < -0.4 is 0 Å². The third kappa shape index (κ3) is 2.58. The van der Waals surface area contributed by atoms with Gasteiger partial charge in [0, 0.05) is 17.1 Å². The van der Waals surface area contributed by atoms with Crippen LogP contribution in [-0.2, 0) is 0 Å². The predicted octanol–water partition coefficient (Wildman–Crippen LogP) is 3.95. The number of phenols is 1. The molecule has 1 aliphatic carbocycles. The molecule has 3 nitrogen and oxygen atoms in total. The summed E-state index contributed by atoms with van der Waals surface area (Å²) in [7, 11) is 0. The molecule has 1 saturated carbocycles. The lowest BCUT2D eigenvalue weighted by molar-refractivity contribution is 0.0388. The number of piperidine rings is 1. The number of likely N-dealkylation sites (tertiary alicyclic amines) is 1. The molecular formula is C16H20BrNO2. The Bertz CT molecular complexity index is 515. The van der Waals surface area contributed by atoms with E-state index < -0.39 is 0 Å². The van der Waals surface area contributed by atoms with E-state index in [0.29, 0.717) is 17.5 Å². The van der Waals surface area contributed by atoms with Gasteiger partial charge in [-0.05, 0) is 49.8 Å². The molecule has 0 aromatic heterocycles. The van der Waals surface area contributed by atoms with Gasteiger partial charge in [-0.2, -0.15) is 0 Å².